The van der Waals surface area contributed by atoms with Crippen LogP contribution in [0.4, 0.5) is 0 Å². The number of aryl methyl sites for hydroxylation is 1. The number of fused-ring (bicyclic) bond motifs is 1. The Kier molecular flexibility index (Phi) is 2.52. The van der Waals surface area contributed by atoms with Crippen LogP contribution in [0.3, 0.4) is 0 Å². The summed E-state index contributed by atoms with van der Waals surface area (Å²) in [7, 11) is 0. The second-order valence-corrected chi connectivity index (χ2v) is 4.22. The predicted molar refractivity (Wildman–Crippen MR) is 70.1 cm³/mol. The molecule has 0 radical (unpaired) electrons. The molecule has 0 saturated heterocycles. The SMILES string of the molecule is Cc1ccccc1-c1nc(C(=O)O)c2ncccn12. The fraction of sp³-hybridized carbons (Fsp3) is 0.0714. The smallest absolute Gasteiger partial charge is 0.358 e. The molecule has 0 fully saturated rings. The highest BCUT2D eigenvalue weighted by Gasteiger charge is 2.19. The number of hydrogen-bond acceptors (Lipinski definition) is 3. The van der Waals surface area contributed by atoms with Crippen LogP contribution in [0.15, 0.2) is 42.7 Å². The van der Waals surface area contributed by atoms with E-state index in [2.05, 4.69) is 9.97 Å². The van der Waals surface area contributed by atoms with Gasteiger partial charge in [0.2, 0.25) is 0 Å². The molecule has 0 amide bonds. The van der Waals surface area contributed by atoms with Crippen molar-refractivity contribution in [1.82, 2.24) is 14.4 Å². The summed E-state index contributed by atoms with van der Waals surface area (Å²) in [6.07, 6.45) is 3.33. The average molecular weight is 253 g/mol. The Bertz CT molecular complexity index is 777. The normalized spacial score (nSPS) is 10.8. The first-order chi connectivity index (χ1) is 9.18. The first kappa shape index (κ1) is 11.4. The third-order valence-electron chi connectivity index (χ3n) is 2.99. The van der Waals surface area contributed by atoms with Gasteiger partial charge in [0.25, 0.3) is 0 Å². The van der Waals surface area contributed by atoms with Crippen molar-refractivity contribution in [2.24, 2.45) is 0 Å². The molecule has 1 N–H and O–H groups in total. The summed E-state index contributed by atoms with van der Waals surface area (Å²) >= 11 is 0. The molecule has 0 atom stereocenters. The van der Waals surface area contributed by atoms with Crippen LogP contribution in [-0.4, -0.2) is 25.4 Å². The molecular weight excluding hydrogens is 242 g/mol. The van der Waals surface area contributed by atoms with Crippen LogP contribution in [0.1, 0.15) is 16.1 Å². The van der Waals surface area contributed by atoms with Crippen molar-refractivity contribution in [2.45, 2.75) is 6.92 Å². The molecular formula is C14H11N3O2. The Balaban J connectivity index is 2.37. The molecule has 2 aromatic heterocycles. The molecule has 0 bridgehead atoms. The molecule has 5 heteroatoms. The number of benzene rings is 1. The number of carbonyl (C=O) groups is 1. The van der Waals surface area contributed by atoms with E-state index in [4.69, 9.17) is 0 Å². The number of aromatic nitrogens is 3. The molecule has 0 aliphatic rings. The number of carboxylic acid groups (broad SMARTS) is 1. The van der Waals surface area contributed by atoms with Gasteiger partial charge in [-0.1, -0.05) is 24.3 Å². The Labute approximate surface area is 109 Å². The Morgan fingerprint density at radius 3 is 2.79 bits per heavy atom. The summed E-state index contributed by atoms with van der Waals surface area (Å²) in [6.45, 7) is 1.97. The molecule has 0 unspecified atom stereocenters. The van der Waals surface area contributed by atoms with E-state index in [9.17, 15) is 9.90 Å². The fourth-order valence-corrected chi connectivity index (χ4v) is 2.08. The van der Waals surface area contributed by atoms with E-state index in [1.165, 1.54) is 0 Å². The van der Waals surface area contributed by atoms with Gasteiger partial charge in [0.15, 0.2) is 11.3 Å². The maximum Gasteiger partial charge on any atom is 0.358 e. The molecule has 2 heterocycles. The monoisotopic (exact) mass is 253 g/mol. The van der Waals surface area contributed by atoms with Crippen molar-refractivity contribution < 1.29 is 9.90 Å². The predicted octanol–water partition coefficient (Wildman–Crippen LogP) is 2.40. The molecule has 0 aliphatic carbocycles. The van der Waals surface area contributed by atoms with Crippen molar-refractivity contribution in [2.75, 3.05) is 0 Å². The molecule has 0 spiro atoms. The van der Waals surface area contributed by atoms with Crippen LogP contribution in [0.2, 0.25) is 0 Å². The zero-order valence-electron chi connectivity index (χ0n) is 10.2. The highest BCUT2D eigenvalue weighted by atomic mass is 16.4. The van der Waals surface area contributed by atoms with Crippen LogP contribution < -0.4 is 0 Å². The molecule has 3 aromatic rings. The highest BCUT2D eigenvalue weighted by molar-refractivity contribution is 5.93. The maximum atomic E-state index is 11.2. The van der Waals surface area contributed by atoms with Crippen molar-refractivity contribution in [3.8, 4) is 11.4 Å². The minimum absolute atomic E-state index is 0.0288. The summed E-state index contributed by atoms with van der Waals surface area (Å²) in [5.41, 5.74) is 2.26. The molecule has 0 saturated carbocycles. The van der Waals surface area contributed by atoms with Gasteiger partial charge < -0.3 is 5.11 Å². The summed E-state index contributed by atoms with van der Waals surface area (Å²) < 4.78 is 1.70. The van der Waals surface area contributed by atoms with E-state index in [0.29, 0.717) is 11.5 Å². The fourth-order valence-electron chi connectivity index (χ4n) is 2.08. The quantitative estimate of drug-likeness (QED) is 0.761. The highest BCUT2D eigenvalue weighted by Crippen LogP contribution is 2.24. The number of aromatic carboxylic acids is 1. The second-order valence-electron chi connectivity index (χ2n) is 4.22. The van der Waals surface area contributed by atoms with E-state index in [-0.39, 0.29) is 5.69 Å². The lowest BCUT2D eigenvalue weighted by Crippen LogP contribution is -1.98. The third kappa shape index (κ3) is 1.76. The van der Waals surface area contributed by atoms with Crippen molar-refractivity contribution >= 4 is 11.6 Å². The van der Waals surface area contributed by atoms with Gasteiger partial charge in [-0.2, -0.15) is 0 Å². The number of rotatable bonds is 2. The summed E-state index contributed by atoms with van der Waals surface area (Å²) in [5.74, 6) is -0.477. The van der Waals surface area contributed by atoms with E-state index < -0.39 is 5.97 Å². The first-order valence-corrected chi connectivity index (χ1v) is 5.81. The maximum absolute atomic E-state index is 11.2. The largest absolute Gasteiger partial charge is 0.476 e. The molecule has 1 aromatic carbocycles. The molecule has 0 aliphatic heterocycles. The lowest BCUT2D eigenvalue weighted by molar-refractivity contribution is 0.0693. The lowest BCUT2D eigenvalue weighted by atomic mass is 10.1. The van der Waals surface area contributed by atoms with E-state index in [1.54, 1.807) is 22.9 Å². The van der Waals surface area contributed by atoms with Gasteiger partial charge in [0, 0.05) is 18.0 Å². The summed E-state index contributed by atoms with van der Waals surface area (Å²) in [5, 5.41) is 9.20. The van der Waals surface area contributed by atoms with Gasteiger partial charge in [0.05, 0.1) is 0 Å². The second kappa shape index (κ2) is 4.20. The van der Waals surface area contributed by atoms with Gasteiger partial charge in [-0.05, 0) is 18.6 Å². The Morgan fingerprint density at radius 1 is 1.26 bits per heavy atom. The molecule has 19 heavy (non-hydrogen) atoms. The van der Waals surface area contributed by atoms with Gasteiger partial charge in [-0.15, -0.1) is 0 Å². The van der Waals surface area contributed by atoms with Gasteiger partial charge in [0.1, 0.15) is 5.82 Å². The topological polar surface area (TPSA) is 67.5 Å². The average Bonchev–Trinajstić information content (AvgIpc) is 2.79. The van der Waals surface area contributed by atoms with Gasteiger partial charge in [-0.25, -0.2) is 14.8 Å². The number of nitrogens with zero attached hydrogens (tertiary/aromatic N) is 3. The van der Waals surface area contributed by atoms with Crippen LogP contribution in [0, 0.1) is 6.92 Å². The van der Waals surface area contributed by atoms with Crippen LogP contribution in [0.25, 0.3) is 17.0 Å². The zero-order chi connectivity index (χ0) is 13.4. The molecule has 3 rings (SSSR count). The third-order valence-corrected chi connectivity index (χ3v) is 2.99. The van der Waals surface area contributed by atoms with Crippen LogP contribution in [0.5, 0.6) is 0 Å². The van der Waals surface area contributed by atoms with E-state index >= 15 is 0 Å². The van der Waals surface area contributed by atoms with Crippen LogP contribution in [-0.2, 0) is 0 Å². The lowest BCUT2D eigenvalue weighted by Gasteiger charge is -2.03. The van der Waals surface area contributed by atoms with E-state index in [0.717, 1.165) is 11.1 Å². The Morgan fingerprint density at radius 2 is 2.05 bits per heavy atom. The zero-order valence-corrected chi connectivity index (χ0v) is 10.2. The standard InChI is InChI=1S/C14H11N3O2/c1-9-5-2-3-6-10(9)12-16-11(14(18)19)13-15-7-4-8-17(12)13/h2-8H,1H3,(H,18,19). The van der Waals surface area contributed by atoms with Crippen LogP contribution >= 0.6 is 0 Å². The minimum atomic E-state index is -1.07. The van der Waals surface area contributed by atoms with Gasteiger partial charge >= 0.3 is 5.97 Å². The first-order valence-electron chi connectivity index (χ1n) is 5.81. The van der Waals surface area contributed by atoms with Crippen molar-refractivity contribution in [3.05, 3.63) is 54.0 Å². The van der Waals surface area contributed by atoms with Crippen molar-refractivity contribution in [3.63, 3.8) is 0 Å². The number of imidazole rings is 1. The van der Waals surface area contributed by atoms with E-state index in [1.807, 2.05) is 31.2 Å². The summed E-state index contributed by atoms with van der Waals surface area (Å²) in [6, 6.07) is 9.48. The Hall–Kier alpha value is -2.69. The number of carboxylic acids is 1. The molecule has 94 valence electrons. The minimum Gasteiger partial charge on any atom is -0.476 e. The summed E-state index contributed by atoms with van der Waals surface area (Å²) in [4.78, 5) is 19.5. The molecule has 5 nitrogen and oxygen atoms in total. The van der Waals surface area contributed by atoms with Crippen molar-refractivity contribution in [1.29, 1.82) is 0 Å². The van der Waals surface area contributed by atoms with Gasteiger partial charge in [-0.3, -0.25) is 4.40 Å². The number of hydrogen-bond donors (Lipinski definition) is 1.